The van der Waals surface area contributed by atoms with Gasteiger partial charge in [-0.2, -0.15) is 0 Å². The summed E-state index contributed by atoms with van der Waals surface area (Å²) in [7, 11) is 1.63. The summed E-state index contributed by atoms with van der Waals surface area (Å²) >= 11 is 0. The van der Waals surface area contributed by atoms with Gasteiger partial charge in [-0.3, -0.25) is 19.4 Å². The molecule has 1 spiro atoms. The molecule has 5 rings (SSSR count). The van der Waals surface area contributed by atoms with Gasteiger partial charge in [0.15, 0.2) is 0 Å². The zero-order valence-electron chi connectivity index (χ0n) is 22.5. The summed E-state index contributed by atoms with van der Waals surface area (Å²) in [5, 5.41) is 3.40. The van der Waals surface area contributed by atoms with Crippen molar-refractivity contribution >= 4 is 30.3 Å². The molecule has 1 aliphatic carbocycles. The molecule has 2 bridgehead atoms. The van der Waals surface area contributed by atoms with E-state index in [0.29, 0.717) is 24.9 Å². The summed E-state index contributed by atoms with van der Waals surface area (Å²) < 4.78 is 0. The minimum Gasteiger partial charge on any atom is -0.349 e. The Bertz CT molecular complexity index is 967. The van der Waals surface area contributed by atoms with Gasteiger partial charge >= 0.3 is 6.03 Å². The van der Waals surface area contributed by atoms with E-state index in [1.54, 1.807) is 7.05 Å². The van der Waals surface area contributed by atoms with E-state index in [1.807, 2.05) is 36.9 Å². The first kappa shape index (κ1) is 27.9. The van der Waals surface area contributed by atoms with Gasteiger partial charge < -0.3 is 10.2 Å². The molecule has 4 amide bonds. The molecule has 0 aromatic heterocycles. The Morgan fingerprint density at radius 1 is 1.00 bits per heavy atom. The van der Waals surface area contributed by atoms with E-state index in [0.717, 1.165) is 57.1 Å². The molecule has 4 aliphatic rings. The quantitative estimate of drug-likeness (QED) is 0.509. The maximum Gasteiger partial charge on any atom is 0.327 e. The van der Waals surface area contributed by atoms with Crippen LogP contribution in [0.5, 0.6) is 0 Å². The number of benzene rings is 1. The standard InChI is InChI=1S/C29H42N4O3.ClH/c1-20(2)33-28(36)31(3)27(35)29(33)18-23-14-15-24(19-29)32(23)17-16-25(21-10-6-4-7-11-21)30-26(34)22-12-8-5-9-13-22;/h4,6-7,10-11,20,22-25H,5,8-9,12-19H2,1-3H3,(H,30,34);1H/t23?,24?,25-,29?;/m0./s1. The van der Waals surface area contributed by atoms with Crippen molar-refractivity contribution in [2.45, 2.75) is 108 Å². The highest BCUT2D eigenvalue weighted by molar-refractivity contribution is 6.07. The van der Waals surface area contributed by atoms with E-state index in [2.05, 4.69) is 22.3 Å². The number of carbonyl (C=O) groups is 3. The predicted molar refractivity (Wildman–Crippen MR) is 146 cm³/mol. The summed E-state index contributed by atoms with van der Waals surface area (Å²) in [5.41, 5.74) is 0.461. The Morgan fingerprint density at radius 3 is 2.22 bits per heavy atom. The number of likely N-dealkylation sites (N-methyl/N-ethyl adjacent to an activating group) is 1. The topological polar surface area (TPSA) is 73.0 Å². The molecule has 3 heterocycles. The van der Waals surface area contributed by atoms with Gasteiger partial charge in [-0.1, -0.05) is 49.6 Å². The molecule has 1 saturated carbocycles. The predicted octanol–water partition coefficient (Wildman–Crippen LogP) is 4.90. The summed E-state index contributed by atoms with van der Waals surface area (Å²) in [6, 6.07) is 10.8. The summed E-state index contributed by atoms with van der Waals surface area (Å²) in [4.78, 5) is 45.2. The molecule has 1 aromatic carbocycles. The highest BCUT2D eigenvalue weighted by atomic mass is 35.5. The number of amides is 4. The number of imide groups is 1. The number of hydrogen-bond donors (Lipinski definition) is 1. The van der Waals surface area contributed by atoms with Gasteiger partial charge in [0.25, 0.3) is 5.91 Å². The summed E-state index contributed by atoms with van der Waals surface area (Å²) in [6.07, 6.45) is 9.93. The monoisotopic (exact) mass is 530 g/mol. The molecular weight excluding hydrogens is 488 g/mol. The lowest BCUT2D eigenvalue weighted by atomic mass is 9.80. The highest BCUT2D eigenvalue weighted by Gasteiger charge is 2.62. The molecule has 3 aliphatic heterocycles. The number of nitrogens with zero attached hydrogens (tertiary/aromatic N) is 3. The molecule has 204 valence electrons. The first-order chi connectivity index (χ1) is 17.3. The third kappa shape index (κ3) is 5.14. The Balaban J connectivity index is 0.00000320. The Labute approximate surface area is 227 Å². The molecule has 1 aromatic rings. The van der Waals surface area contributed by atoms with Crippen LogP contribution in [-0.2, 0) is 9.59 Å². The fourth-order valence-corrected chi connectivity index (χ4v) is 7.55. The van der Waals surface area contributed by atoms with Crippen LogP contribution >= 0.6 is 12.4 Å². The summed E-state index contributed by atoms with van der Waals surface area (Å²) in [6.45, 7) is 4.91. The molecule has 2 unspecified atom stereocenters. The molecule has 8 heteroatoms. The van der Waals surface area contributed by atoms with Crippen molar-refractivity contribution in [2.24, 2.45) is 5.92 Å². The number of rotatable bonds is 7. The van der Waals surface area contributed by atoms with Crippen LogP contribution in [0, 0.1) is 5.92 Å². The van der Waals surface area contributed by atoms with E-state index in [4.69, 9.17) is 0 Å². The van der Waals surface area contributed by atoms with Crippen LogP contribution in [0.4, 0.5) is 4.79 Å². The number of halogens is 1. The van der Waals surface area contributed by atoms with Crippen molar-refractivity contribution in [2.75, 3.05) is 13.6 Å². The SMILES string of the molecule is CC(C)N1C(=O)N(C)C(=O)C12CC1CCC(C2)N1CC[C@H](NC(=O)C1CCCCC1)c1ccccc1.Cl. The number of urea groups is 1. The Hall–Kier alpha value is -2.12. The van der Waals surface area contributed by atoms with Gasteiger partial charge in [-0.15, -0.1) is 12.4 Å². The van der Waals surface area contributed by atoms with Crippen LogP contribution in [0.2, 0.25) is 0 Å². The van der Waals surface area contributed by atoms with Gasteiger partial charge in [0.05, 0.1) is 6.04 Å². The molecule has 3 saturated heterocycles. The van der Waals surface area contributed by atoms with Crippen molar-refractivity contribution in [3.8, 4) is 0 Å². The molecule has 0 radical (unpaired) electrons. The van der Waals surface area contributed by atoms with Crippen molar-refractivity contribution in [3.63, 3.8) is 0 Å². The minimum absolute atomic E-state index is 0. The summed E-state index contributed by atoms with van der Waals surface area (Å²) in [5.74, 6) is 0.315. The maximum absolute atomic E-state index is 13.4. The first-order valence-corrected chi connectivity index (χ1v) is 14.0. The van der Waals surface area contributed by atoms with E-state index >= 15 is 0 Å². The van der Waals surface area contributed by atoms with Crippen molar-refractivity contribution in [3.05, 3.63) is 35.9 Å². The molecule has 37 heavy (non-hydrogen) atoms. The van der Waals surface area contributed by atoms with Crippen molar-refractivity contribution in [1.82, 2.24) is 20.0 Å². The third-order valence-corrected chi connectivity index (χ3v) is 9.26. The molecule has 3 atom stereocenters. The lowest BCUT2D eigenvalue weighted by molar-refractivity contribution is -0.137. The molecule has 4 fully saturated rings. The van der Waals surface area contributed by atoms with E-state index in [-0.39, 0.29) is 48.3 Å². The average Bonchev–Trinajstić information content (AvgIpc) is 3.23. The van der Waals surface area contributed by atoms with Crippen molar-refractivity contribution in [1.29, 1.82) is 0 Å². The van der Waals surface area contributed by atoms with E-state index in [9.17, 15) is 14.4 Å². The Kier molecular flexibility index (Phi) is 8.54. The fourth-order valence-electron chi connectivity index (χ4n) is 7.55. The Morgan fingerprint density at radius 2 is 1.62 bits per heavy atom. The second kappa shape index (κ2) is 11.3. The van der Waals surface area contributed by atoms with Crippen LogP contribution < -0.4 is 5.32 Å². The highest BCUT2D eigenvalue weighted by Crippen LogP contribution is 2.48. The first-order valence-electron chi connectivity index (χ1n) is 14.0. The smallest absolute Gasteiger partial charge is 0.327 e. The number of piperidine rings is 1. The number of hydrogen-bond acceptors (Lipinski definition) is 4. The van der Waals surface area contributed by atoms with E-state index in [1.165, 1.54) is 11.3 Å². The largest absolute Gasteiger partial charge is 0.349 e. The van der Waals surface area contributed by atoms with Gasteiger partial charge in [-0.25, -0.2) is 4.79 Å². The molecular formula is C29H43ClN4O3. The zero-order valence-corrected chi connectivity index (χ0v) is 23.3. The molecule has 1 N–H and O–H groups in total. The maximum atomic E-state index is 13.4. The van der Waals surface area contributed by atoms with E-state index < -0.39 is 5.54 Å². The van der Waals surface area contributed by atoms with Crippen molar-refractivity contribution < 1.29 is 14.4 Å². The van der Waals surface area contributed by atoms with Gasteiger partial charge in [-0.05, 0) is 64.4 Å². The molecule has 7 nitrogen and oxygen atoms in total. The average molecular weight is 531 g/mol. The number of fused-ring (bicyclic) bond motifs is 2. The second-order valence-electron chi connectivity index (χ2n) is 11.8. The fraction of sp³-hybridized carbons (Fsp3) is 0.690. The normalized spacial score (nSPS) is 29.2. The van der Waals surface area contributed by atoms with Gasteiger partial charge in [0, 0.05) is 37.6 Å². The number of nitrogens with one attached hydrogen (secondary N) is 1. The zero-order chi connectivity index (χ0) is 25.4. The minimum atomic E-state index is -0.698. The third-order valence-electron chi connectivity index (χ3n) is 9.26. The van der Waals surface area contributed by atoms with Crippen LogP contribution in [0.3, 0.4) is 0 Å². The van der Waals surface area contributed by atoms with Crippen LogP contribution in [-0.4, -0.2) is 69.8 Å². The lowest BCUT2D eigenvalue weighted by Crippen LogP contribution is -2.61. The van der Waals surface area contributed by atoms with Crippen LogP contribution in [0.1, 0.15) is 89.7 Å². The van der Waals surface area contributed by atoms with Gasteiger partial charge in [0.1, 0.15) is 5.54 Å². The lowest BCUT2D eigenvalue weighted by Gasteiger charge is -2.48. The van der Waals surface area contributed by atoms with Crippen LogP contribution in [0.15, 0.2) is 30.3 Å². The van der Waals surface area contributed by atoms with Gasteiger partial charge in [0.2, 0.25) is 5.91 Å². The number of carbonyl (C=O) groups excluding carboxylic acids is 3. The van der Waals surface area contributed by atoms with Crippen LogP contribution in [0.25, 0.3) is 0 Å². The second-order valence-corrected chi connectivity index (χ2v) is 11.8.